The van der Waals surface area contributed by atoms with Crippen LogP contribution in [0.2, 0.25) is 0 Å². The number of nitrogens with zero attached hydrogens (tertiary/aromatic N) is 5. The van der Waals surface area contributed by atoms with Gasteiger partial charge in [-0.15, -0.1) is 10.2 Å². The Hall–Kier alpha value is -4.26. The third-order valence-electron chi connectivity index (χ3n) is 5.96. The lowest BCUT2D eigenvalue weighted by Gasteiger charge is -2.31. The maximum Gasteiger partial charge on any atom is 0.409 e. The van der Waals surface area contributed by atoms with Gasteiger partial charge in [0.2, 0.25) is 0 Å². The van der Waals surface area contributed by atoms with Gasteiger partial charge in [-0.25, -0.2) is 4.79 Å². The van der Waals surface area contributed by atoms with Crippen molar-refractivity contribution >= 4 is 11.8 Å². The highest BCUT2D eigenvalue weighted by Crippen LogP contribution is 2.36. The molecule has 1 aliphatic heterocycles. The van der Waals surface area contributed by atoms with E-state index in [4.69, 9.17) is 4.99 Å². The Morgan fingerprint density at radius 2 is 1.58 bits per heavy atom. The average Bonchev–Trinajstić information content (AvgIpc) is 3.16. The molecule has 33 heavy (non-hydrogen) atoms. The molecule has 5 rings (SSSR count). The van der Waals surface area contributed by atoms with Gasteiger partial charge in [0, 0.05) is 11.1 Å². The zero-order valence-electron chi connectivity index (χ0n) is 18.3. The summed E-state index contributed by atoms with van der Waals surface area (Å²) in [6.45, 7) is 3.73. The number of benzene rings is 3. The van der Waals surface area contributed by atoms with Crippen LogP contribution >= 0.6 is 0 Å². The number of amides is 1. The van der Waals surface area contributed by atoms with Crippen molar-refractivity contribution in [3.05, 3.63) is 113 Å². The summed E-state index contributed by atoms with van der Waals surface area (Å²) >= 11 is 0. The largest absolute Gasteiger partial charge is 0.465 e. The van der Waals surface area contributed by atoms with E-state index in [9.17, 15) is 9.90 Å². The number of carboxylic acid groups (broad SMARTS) is 1. The van der Waals surface area contributed by atoms with Gasteiger partial charge in [-0.05, 0) is 25.5 Å². The molecule has 1 N–H and O–H groups in total. The summed E-state index contributed by atoms with van der Waals surface area (Å²) < 4.78 is 1.91. The highest BCUT2D eigenvalue weighted by Gasteiger charge is 2.37. The minimum atomic E-state index is -1.08. The fourth-order valence-corrected chi connectivity index (χ4v) is 4.35. The smallest absolute Gasteiger partial charge is 0.409 e. The van der Waals surface area contributed by atoms with E-state index in [0.717, 1.165) is 22.4 Å². The SMILES string of the molecule is Cc1nnc2n1-c1ccccc1C(c1ccccc1)=NC2N(C(=O)O)[C@@H](C)c1ccccc1. The maximum atomic E-state index is 12.7. The lowest BCUT2D eigenvalue weighted by atomic mass is 10.0. The van der Waals surface area contributed by atoms with Gasteiger partial charge in [0.05, 0.1) is 17.4 Å². The summed E-state index contributed by atoms with van der Waals surface area (Å²) in [6.07, 6.45) is -1.97. The van der Waals surface area contributed by atoms with Crippen molar-refractivity contribution in [2.45, 2.75) is 26.1 Å². The number of carbonyl (C=O) groups is 1. The average molecular weight is 438 g/mol. The fourth-order valence-electron chi connectivity index (χ4n) is 4.35. The number of aryl methyl sites for hydroxylation is 1. The van der Waals surface area contributed by atoms with Crippen LogP contribution in [0.1, 0.15) is 47.5 Å². The first-order chi connectivity index (χ1) is 16.1. The van der Waals surface area contributed by atoms with E-state index >= 15 is 0 Å². The molecule has 164 valence electrons. The topological polar surface area (TPSA) is 83.6 Å². The van der Waals surface area contributed by atoms with Gasteiger partial charge in [0.1, 0.15) is 5.82 Å². The minimum Gasteiger partial charge on any atom is -0.465 e. The molecule has 7 nitrogen and oxygen atoms in total. The number of fused-ring (bicyclic) bond motifs is 3. The number of para-hydroxylation sites is 1. The Morgan fingerprint density at radius 3 is 2.27 bits per heavy atom. The second-order valence-corrected chi connectivity index (χ2v) is 7.95. The molecule has 0 aliphatic carbocycles. The van der Waals surface area contributed by atoms with Crippen LogP contribution in [0.15, 0.2) is 89.9 Å². The Labute approximate surface area is 191 Å². The molecule has 0 saturated carbocycles. The molecular formula is C26H23N5O2. The van der Waals surface area contributed by atoms with Crippen LogP contribution in [0.25, 0.3) is 5.69 Å². The number of aromatic nitrogens is 3. The summed E-state index contributed by atoms with van der Waals surface area (Å²) in [5.41, 5.74) is 4.27. The van der Waals surface area contributed by atoms with Gasteiger partial charge < -0.3 is 5.11 Å². The molecule has 4 aromatic rings. The number of rotatable bonds is 4. The maximum absolute atomic E-state index is 12.7. The molecule has 1 amide bonds. The molecule has 0 radical (unpaired) electrons. The molecule has 0 spiro atoms. The van der Waals surface area contributed by atoms with Crippen LogP contribution < -0.4 is 0 Å². The van der Waals surface area contributed by atoms with Crippen molar-refractivity contribution in [2.75, 3.05) is 0 Å². The molecule has 1 unspecified atom stereocenters. The Kier molecular flexibility index (Phi) is 5.22. The molecular weight excluding hydrogens is 414 g/mol. The molecule has 7 heteroatoms. The zero-order valence-corrected chi connectivity index (χ0v) is 18.3. The van der Waals surface area contributed by atoms with Crippen molar-refractivity contribution < 1.29 is 9.90 Å². The zero-order chi connectivity index (χ0) is 22.9. The summed E-state index contributed by atoms with van der Waals surface area (Å²) in [5.74, 6) is 1.14. The van der Waals surface area contributed by atoms with Crippen molar-refractivity contribution in [3.8, 4) is 5.69 Å². The highest BCUT2D eigenvalue weighted by atomic mass is 16.4. The lowest BCUT2D eigenvalue weighted by molar-refractivity contribution is 0.101. The minimum absolute atomic E-state index is 0.457. The van der Waals surface area contributed by atoms with Crippen LogP contribution in [0, 0.1) is 6.92 Å². The van der Waals surface area contributed by atoms with E-state index in [1.165, 1.54) is 4.90 Å². The van der Waals surface area contributed by atoms with Gasteiger partial charge in [-0.1, -0.05) is 78.9 Å². The highest BCUT2D eigenvalue weighted by molar-refractivity contribution is 6.15. The molecule has 2 heterocycles. The van der Waals surface area contributed by atoms with Crippen molar-refractivity contribution in [1.29, 1.82) is 0 Å². The van der Waals surface area contributed by atoms with E-state index in [1.54, 1.807) is 0 Å². The Balaban J connectivity index is 1.77. The molecule has 2 atom stereocenters. The summed E-state index contributed by atoms with van der Waals surface area (Å²) in [6, 6.07) is 26.8. The normalized spacial score (nSPS) is 15.6. The van der Waals surface area contributed by atoms with Crippen LogP contribution in [0.4, 0.5) is 4.79 Å². The molecule has 3 aromatic carbocycles. The van der Waals surface area contributed by atoms with Gasteiger partial charge in [-0.2, -0.15) is 0 Å². The van der Waals surface area contributed by atoms with E-state index < -0.39 is 18.3 Å². The van der Waals surface area contributed by atoms with Crippen molar-refractivity contribution in [1.82, 2.24) is 19.7 Å². The van der Waals surface area contributed by atoms with Crippen LogP contribution in [-0.4, -0.2) is 36.6 Å². The van der Waals surface area contributed by atoms with E-state index in [1.807, 2.05) is 103 Å². The first-order valence-electron chi connectivity index (χ1n) is 10.8. The molecule has 0 saturated heterocycles. The van der Waals surface area contributed by atoms with E-state index in [0.29, 0.717) is 17.4 Å². The fraction of sp³-hybridized carbons (Fsp3) is 0.154. The van der Waals surface area contributed by atoms with Crippen molar-refractivity contribution in [2.24, 2.45) is 4.99 Å². The molecule has 0 bridgehead atoms. The first-order valence-corrected chi connectivity index (χ1v) is 10.8. The van der Waals surface area contributed by atoms with Gasteiger partial charge in [0.15, 0.2) is 12.0 Å². The van der Waals surface area contributed by atoms with E-state index in [-0.39, 0.29) is 0 Å². The number of aliphatic imine (C=N–C) groups is 1. The van der Waals surface area contributed by atoms with Crippen molar-refractivity contribution in [3.63, 3.8) is 0 Å². The summed E-state index contributed by atoms with van der Waals surface area (Å²) in [5, 5.41) is 19.0. The number of hydrogen-bond donors (Lipinski definition) is 1. The van der Waals surface area contributed by atoms with Crippen LogP contribution in [0.5, 0.6) is 0 Å². The standard InChI is InChI=1S/C26H23N5O2/c1-17(19-11-5-3-6-12-19)30(26(32)33)24-25-29-28-18(2)31(25)22-16-10-9-15-21(22)23(27-24)20-13-7-4-8-14-20/h3-17,24H,1-2H3,(H,32,33)/t17-,24?/m0/s1. The predicted octanol–water partition coefficient (Wildman–Crippen LogP) is 5.17. The second kappa shape index (κ2) is 8.35. The van der Waals surface area contributed by atoms with Gasteiger partial charge in [0.25, 0.3) is 0 Å². The van der Waals surface area contributed by atoms with Gasteiger partial charge >= 0.3 is 6.09 Å². The Bertz CT molecular complexity index is 1330. The third-order valence-corrected chi connectivity index (χ3v) is 5.96. The molecule has 0 fully saturated rings. The Morgan fingerprint density at radius 1 is 0.939 bits per heavy atom. The molecule has 1 aromatic heterocycles. The quantitative estimate of drug-likeness (QED) is 0.478. The lowest BCUT2D eigenvalue weighted by Crippen LogP contribution is -2.36. The van der Waals surface area contributed by atoms with Crippen LogP contribution in [-0.2, 0) is 0 Å². The summed E-state index contributed by atoms with van der Waals surface area (Å²) in [7, 11) is 0. The predicted molar refractivity (Wildman–Crippen MR) is 126 cm³/mol. The van der Waals surface area contributed by atoms with Crippen LogP contribution in [0.3, 0.4) is 0 Å². The van der Waals surface area contributed by atoms with Gasteiger partial charge in [-0.3, -0.25) is 14.5 Å². The molecule has 1 aliphatic rings. The third kappa shape index (κ3) is 3.57. The monoisotopic (exact) mass is 437 g/mol. The second-order valence-electron chi connectivity index (χ2n) is 7.95. The van der Waals surface area contributed by atoms with E-state index in [2.05, 4.69) is 10.2 Å². The summed E-state index contributed by atoms with van der Waals surface area (Å²) in [4.78, 5) is 19.1. The number of hydrogen-bond acceptors (Lipinski definition) is 4. The first kappa shape index (κ1) is 20.6.